The summed E-state index contributed by atoms with van der Waals surface area (Å²) in [5.74, 6) is 1.02. The molecule has 1 N–H and O–H groups in total. The van der Waals surface area contributed by atoms with Crippen molar-refractivity contribution in [3.05, 3.63) is 57.4 Å². The van der Waals surface area contributed by atoms with E-state index in [2.05, 4.69) is 15.5 Å². The highest BCUT2D eigenvalue weighted by Gasteiger charge is 2.09. The second-order valence-electron chi connectivity index (χ2n) is 5.39. The maximum absolute atomic E-state index is 8.61. The minimum atomic E-state index is -0.0463. The molecule has 0 bridgehead atoms. The SMILES string of the molecule is COc1cc(/C=N\Nc2nc(-c3ccc(Cl)cc3Cl)cs2)ccc1OCC#N. The number of thiazole rings is 1. The Morgan fingerprint density at radius 2 is 2.11 bits per heavy atom. The van der Waals surface area contributed by atoms with Crippen molar-refractivity contribution in [2.24, 2.45) is 5.10 Å². The van der Waals surface area contributed by atoms with Crippen LogP contribution in [-0.4, -0.2) is 24.9 Å². The first kappa shape index (κ1) is 20.0. The van der Waals surface area contributed by atoms with Gasteiger partial charge in [0, 0.05) is 16.0 Å². The lowest BCUT2D eigenvalue weighted by Gasteiger charge is -2.08. The Balaban J connectivity index is 1.68. The molecule has 3 aromatic rings. The first-order valence-corrected chi connectivity index (χ1v) is 9.62. The van der Waals surface area contributed by atoms with Gasteiger partial charge in [0.05, 0.1) is 24.0 Å². The molecule has 0 saturated carbocycles. The Bertz CT molecular complexity index is 1050. The van der Waals surface area contributed by atoms with Crippen LogP contribution in [0.1, 0.15) is 5.56 Å². The first-order chi connectivity index (χ1) is 13.6. The topological polar surface area (TPSA) is 79.5 Å². The van der Waals surface area contributed by atoms with Gasteiger partial charge in [-0.3, -0.25) is 5.43 Å². The zero-order valence-electron chi connectivity index (χ0n) is 14.6. The van der Waals surface area contributed by atoms with E-state index in [1.165, 1.54) is 18.4 Å². The smallest absolute Gasteiger partial charge is 0.203 e. The normalized spacial score (nSPS) is 10.6. The number of rotatable bonds is 7. The number of benzene rings is 2. The molecular weight excluding hydrogens is 419 g/mol. The van der Waals surface area contributed by atoms with Crippen molar-refractivity contribution in [3.8, 4) is 28.8 Å². The molecule has 0 fully saturated rings. The maximum atomic E-state index is 8.61. The molecule has 0 aliphatic rings. The van der Waals surface area contributed by atoms with E-state index in [-0.39, 0.29) is 6.61 Å². The summed E-state index contributed by atoms with van der Waals surface area (Å²) in [6.45, 7) is -0.0463. The van der Waals surface area contributed by atoms with E-state index >= 15 is 0 Å². The van der Waals surface area contributed by atoms with Crippen LogP contribution < -0.4 is 14.9 Å². The molecule has 0 saturated heterocycles. The molecule has 6 nitrogen and oxygen atoms in total. The second kappa shape index (κ2) is 9.42. The van der Waals surface area contributed by atoms with E-state index in [0.717, 1.165) is 16.8 Å². The standard InChI is InChI=1S/C19H14Cl2N4O2S/c1-26-18-8-12(2-5-17(18)27-7-6-22)10-23-25-19-24-16(11-28-19)14-4-3-13(20)9-15(14)21/h2-5,8-11H,7H2,1H3,(H,24,25)/b23-10-. The summed E-state index contributed by atoms with van der Waals surface area (Å²) in [6.07, 6.45) is 1.63. The molecule has 0 aliphatic carbocycles. The number of hydrazone groups is 1. The molecule has 2 aromatic carbocycles. The number of nitriles is 1. The van der Waals surface area contributed by atoms with Crippen molar-refractivity contribution in [3.63, 3.8) is 0 Å². The van der Waals surface area contributed by atoms with Crippen LogP contribution in [0.2, 0.25) is 10.0 Å². The summed E-state index contributed by atoms with van der Waals surface area (Å²) >= 11 is 13.6. The average Bonchev–Trinajstić information content (AvgIpc) is 3.15. The Labute approximate surface area is 176 Å². The monoisotopic (exact) mass is 432 g/mol. The predicted molar refractivity (Wildman–Crippen MR) is 113 cm³/mol. The van der Waals surface area contributed by atoms with Crippen molar-refractivity contribution in [2.75, 3.05) is 19.1 Å². The van der Waals surface area contributed by atoms with E-state index in [1.54, 1.807) is 36.5 Å². The maximum Gasteiger partial charge on any atom is 0.203 e. The van der Waals surface area contributed by atoms with Gasteiger partial charge in [0.15, 0.2) is 18.1 Å². The predicted octanol–water partition coefficient (Wildman–Crippen LogP) is 5.47. The number of nitrogens with one attached hydrogen (secondary N) is 1. The van der Waals surface area contributed by atoms with Crippen LogP contribution in [0, 0.1) is 11.3 Å². The van der Waals surface area contributed by atoms with Gasteiger partial charge in [-0.05, 0) is 42.0 Å². The third-order valence-corrected chi connectivity index (χ3v) is 4.86. The van der Waals surface area contributed by atoms with Gasteiger partial charge in [-0.15, -0.1) is 11.3 Å². The van der Waals surface area contributed by atoms with Crippen molar-refractivity contribution in [2.45, 2.75) is 0 Å². The number of anilines is 1. The van der Waals surface area contributed by atoms with Crippen molar-refractivity contribution >= 4 is 45.9 Å². The minimum absolute atomic E-state index is 0.0463. The van der Waals surface area contributed by atoms with E-state index in [4.69, 9.17) is 37.9 Å². The Hall–Kier alpha value is -2.79. The average molecular weight is 433 g/mol. The lowest BCUT2D eigenvalue weighted by molar-refractivity contribution is 0.329. The summed E-state index contributed by atoms with van der Waals surface area (Å²) in [4.78, 5) is 4.47. The van der Waals surface area contributed by atoms with Crippen molar-refractivity contribution in [1.29, 1.82) is 5.26 Å². The van der Waals surface area contributed by atoms with Crippen molar-refractivity contribution in [1.82, 2.24) is 4.98 Å². The second-order valence-corrected chi connectivity index (χ2v) is 7.09. The summed E-state index contributed by atoms with van der Waals surface area (Å²) in [5.41, 5.74) is 5.23. The van der Waals surface area contributed by atoms with Crippen molar-refractivity contribution < 1.29 is 9.47 Å². The number of ether oxygens (including phenoxy) is 2. The van der Waals surface area contributed by atoms with Crippen LogP contribution in [0.15, 0.2) is 46.9 Å². The van der Waals surface area contributed by atoms with Crippen LogP contribution in [-0.2, 0) is 0 Å². The fourth-order valence-corrected chi connectivity index (χ4v) is 3.47. The van der Waals surface area contributed by atoms with Gasteiger partial charge in [0.1, 0.15) is 6.07 Å². The van der Waals surface area contributed by atoms with Crippen LogP contribution >= 0.6 is 34.5 Å². The molecule has 1 aromatic heterocycles. The van der Waals surface area contributed by atoms with Crippen LogP contribution in [0.25, 0.3) is 11.3 Å². The van der Waals surface area contributed by atoms with Gasteiger partial charge in [0.2, 0.25) is 5.13 Å². The highest BCUT2D eigenvalue weighted by molar-refractivity contribution is 7.14. The molecule has 1 heterocycles. The molecule has 0 radical (unpaired) electrons. The largest absolute Gasteiger partial charge is 0.493 e. The number of nitrogens with zero attached hydrogens (tertiary/aromatic N) is 3. The van der Waals surface area contributed by atoms with Crippen LogP contribution in [0.5, 0.6) is 11.5 Å². The summed E-state index contributed by atoms with van der Waals surface area (Å²) in [6, 6.07) is 12.5. The molecule has 0 unspecified atom stereocenters. The van der Waals surface area contributed by atoms with Gasteiger partial charge in [-0.2, -0.15) is 10.4 Å². The lowest BCUT2D eigenvalue weighted by Crippen LogP contribution is -1.98. The minimum Gasteiger partial charge on any atom is -0.493 e. The van der Waals surface area contributed by atoms with E-state index < -0.39 is 0 Å². The molecule has 28 heavy (non-hydrogen) atoms. The Kier molecular flexibility index (Phi) is 6.71. The quantitative estimate of drug-likeness (QED) is 0.395. The van der Waals surface area contributed by atoms with Gasteiger partial charge in [0.25, 0.3) is 0 Å². The molecule has 9 heteroatoms. The molecule has 0 atom stereocenters. The number of hydrogen-bond donors (Lipinski definition) is 1. The first-order valence-electron chi connectivity index (χ1n) is 7.98. The highest BCUT2D eigenvalue weighted by atomic mass is 35.5. The molecule has 0 amide bonds. The summed E-state index contributed by atoms with van der Waals surface area (Å²) in [5, 5.41) is 16.4. The fourth-order valence-electron chi connectivity index (χ4n) is 2.30. The lowest BCUT2D eigenvalue weighted by atomic mass is 10.2. The summed E-state index contributed by atoms with van der Waals surface area (Å²) < 4.78 is 10.6. The summed E-state index contributed by atoms with van der Waals surface area (Å²) in [7, 11) is 1.53. The van der Waals surface area contributed by atoms with Gasteiger partial charge < -0.3 is 9.47 Å². The highest BCUT2D eigenvalue weighted by Crippen LogP contribution is 2.32. The van der Waals surface area contributed by atoms with E-state index in [9.17, 15) is 0 Å². The number of hydrogen-bond acceptors (Lipinski definition) is 7. The van der Waals surface area contributed by atoms with Crippen LogP contribution in [0.3, 0.4) is 0 Å². The number of methoxy groups -OCH3 is 1. The van der Waals surface area contributed by atoms with Gasteiger partial charge in [-0.25, -0.2) is 4.98 Å². The third kappa shape index (κ3) is 4.93. The third-order valence-electron chi connectivity index (χ3n) is 3.56. The molecular formula is C19H14Cl2N4O2S. The fraction of sp³-hybridized carbons (Fsp3) is 0.105. The number of halogens is 2. The zero-order valence-corrected chi connectivity index (χ0v) is 17.0. The Morgan fingerprint density at radius 3 is 2.86 bits per heavy atom. The van der Waals surface area contributed by atoms with Gasteiger partial charge in [-0.1, -0.05) is 23.2 Å². The Morgan fingerprint density at radius 1 is 1.25 bits per heavy atom. The van der Waals surface area contributed by atoms with E-state index in [0.29, 0.717) is 26.7 Å². The number of aromatic nitrogens is 1. The van der Waals surface area contributed by atoms with Crippen LogP contribution in [0.4, 0.5) is 5.13 Å². The molecule has 142 valence electrons. The molecule has 0 spiro atoms. The van der Waals surface area contributed by atoms with E-state index in [1.807, 2.05) is 17.5 Å². The molecule has 0 aliphatic heterocycles. The van der Waals surface area contributed by atoms with Gasteiger partial charge >= 0.3 is 0 Å². The molecule has 3 rings (SSSR count). The zero-order chi connectivity index (χ0) is 19.9.